The smallest absolute Gasteiger partial charge is 0.270 e. The van der Waals surface area contributed by atoms with E-state index in [-0.39, 0.29) is 12.5 Å². The number of thioether (sulfide) groups is 1. The number of hydrogen-bond donors (Lipinski definition) is 1. The molecule has 206 valence electrons. The number of ether oxygens (including phenoxy) is 3. The van der Waals surface area contributed by atoms with Crippen molar-refractivity contribution in [3.05, 3.63) is 113 Å². The topological polar surface area (TPSA) is 77.1 Å². The fourth-order valence-corrected chi connectivity index (χ4v) is 5.20. The van der Waals surface area contributed by atoms with Gasteiger partial charge in [0.1, 0.15) is 17.3 Å². The van der Waals surface area contributed by atoms with Crippen molar-refractivity contribution in [1.29, 1.82) is 0 Å². The summed E-state index contributed by atoms with van der Waals surface area (Å²) in [4.78, 5) is 27.4. The van der Waals surface area contributed by atoms with Crippen molar-refractivity contribution in [1.82, 2.24) is 0 Å². The van der Waals surface area contributed by atoms with Crippen molar-refractivity contribution >= 4 is 57.6 Å². The first-order valence-electron chi connectivity index (χ1n) is 12.4. The first-order chi connectivity index (χ1) is 19.9. The number of carbonyl (C=O) groups excluding carboxylic acids is 2. The highest BCUT2D eigenvalue weighted by molar-refractivity contribution is 8.27. The fraction of sp³-hybridized carbons (Fsp3) is 0.0645. The zero-order chi connectivity index (χ0) is 28.8. The number of halogens is 1. The Morgan fingerprint density at radius 2 is 1.66 bits per heavy atom. The van der Waals surface area contributed by atoms with Crippen LogP contribution < -0.4 is 24.4 Å². The van der Waals surface area contributed by atoms with Gasteiger partial charge in [-0.3, -0.25) is 14.5 Å². The van der Waals surface area contributed by atoms with Crippen molar-refractivity contribution in [2.45, 2.75) is 0 Å². The van der Waals surface area contributed by atoms with Crippen LogP contribution in [0.15, 0.2) is 102 Å². The average molecular weight is 587 g/mol. The van der Waals surface area contributed by atoms with Gasteiger partial charge < -0.3 is 19.5 Å². The van der Waals surface area contributed by atoms with E-state index in [1.807, 2.05) is 30.3 Å². The van der Waals surface area contributed by atoms with E-state index < -0.39 is 11.7 Å². The van der Waals surface area contributed by atoms with Crippen molar-refractivity contribution in [2.24, 2.45) is 0 Å². The van der Waals surface area contributed by atoms with E-state index in [1.54, 1.807) is 48.5 Å². The van der Waals surface area contributed by atoms with Gasteiger partial charge in [0.05, 0.1) is 17.7 Å². The Balaban J connectivity index is 1.24. The molecule has 0 aliphatic carbocycles. The van der Waals surface area contributed by atoms with Gasteiger partial charge in [-0.15, -0.1) is 0 Å². The lowest BCUT2D eigenvalue weighted by atomic mass is 10.1. The summed E-state index contributed by atoms with van der Waals surface area (Å²) in [7, 11) is 1.48. The quantitative estimate of drug-likeness (QED) is 0.166. The number of hydrogen-bond acceptors (Lipinski definition) is 7. The second-order valence-corrected chi connectivity index (χ2v) is 10.4. The first kappa shape index (κ1) is 27.9. The lowest BCUT2D eigenvalue weighted by molar-refractivity contribution is -0.118. The maximum Gasteiger partial charge on any atom is 0.270 e. The standard InChI is InChI=1S/C31H23FN2O5S2/c1-37-27-17-20(7-16-26(27)38-19-29(35)33-22-10-8-21(32)9-11-22)18-28-30(36)34(31(40)41-28)23-12-14-25(15-13-23)39-24-5-3-2-4-6-24/h2-18H,19H2,1H3,(H,33,35)/b28-18-. The predicted molar refractivity (Wildman–Crippen MR) is 162 cm³/mol. The summed E-state index contributed by atoms with van der Waals surface area (Å²) in [6.45, 7) is -0.277. The second kappa shape index (κ2) is 12.7. The van der Waals surface area contributed by atoms with Gasteiger partial charge in [-0.2, -0.15) is 0 Å². The van der Waals surface area contributed by atoms with Gasteiger partial charge in [-0.25, -0.2) is 4.39 Å². The average Bonchev–Trinajstić information content (AvgIpc) is 3.26. The fourth-order valence-electron chi connectivity index (χ4n) is 3.90. The zero-order valence-electron chi connectivity index (χ0n) is 21.7. The third-order valence-electron chi connectivity index (χ3n) is 5.84. The number of thiocarbonyl (C=S) groups is 1. The van der Waals surface area contributed by atoms with Crippen molar-refractivity contribution < 1.29 is 28.2 Å². The molecule has 1 saturated heterocycles. The van der Waals surface area contributed by atoms with Crippen LogP contribution in [0, 0.1) is 5.82 Å². The zero-order valence-corrected chi connectivity index (χ0v) is 23.3. The number of carbonyl (C=O) groups is 2. The summed E-state index contributed by atoms with van der Waals surface area (Å²) in [6, 6.07) is 27.1. The van der Waals surface area contributed by atoms with Crippen LogP contribution in [0.5, 0.6) is 23.0 Å². The minimum absolute atomic E-state index is 0.242. The molecule has 2 amide bonds. The third kappa shape index (κ3) is 6.92. The second-order valence-electron chi connectivity index (χ2n) is 8.68. The molecule has 0 radical (unpaired) electrons. The molecule has 0 unspecified atom stereocenters. The molecule has 41 heavy (non-hydrogen) atoms. The van der Waals surface area contributed by atoms with E-state index >= 15 is 0 Å². The molecule has 5 rings (SSSR count). The third-order valence-corrected chi connectivity index (χ3v) is 7.14. The molecule has 0 spiro atoms. The largest absolute Gasteiger partial charge is 0.493 e. The number of methoxy groups -OCH3 is 1. The molecule has 1 fully saturated rings. The van der Waals surface area contributed by atoms with Gasteiger partial charge in [-0.1, -0.05) is 48.2 Å². The number of nitrogens with one attached hydrogen (secondary N) is 1. The highest BCUT2D eigenvalue weighted by atomic mass is 32.2. The van der Waals surface area contributed by atoms with Crippen LogP contribution in [-0.2, 0) is 9.59 Å². The highest BCUT2D eigenvalue weighted by Gasteiger charge is 2.33. The van der Waals surface area contributed by atoms with E-state index in [1.165, 1.54) is 48.0 Å². The van der Waals surface area contributed by atoms with E-state index in [0.717, 1.165) is 0 Å². The number of nitrogens with zero attached hydrogens (tertiary/aromatic N) is 1. The maximum atomic E-state index is 13.3. The Bertz CT molecular complexity index is 1610. The van der Waals surface area contributed by atoms with Crippen molar-refractivity contribution in [3.63, 3.8) is 0 Å². The van der Waals surface area contributed by atoms with Crippen LogP contribution in [-0.4, -0.2) is 29.9 Å². The summed E-state index contributed by atoms with van der Waals surface area (Å²) in [5, 5.41) is 2.63. The molecular formula is C31H23FN2O5S2. The predicted octanol–water partition coefficient (Wildman–Crippen LogP) is 7.05. The van der Waals surface area contributed by atoms with E-state index in [0.29, 0.717) is 49.2 Å². The van der Waals surface area contributed by atoms with Crippen molar-refractivity contribution in [2.75, 3.05) is 23.9 Å². The van der Waals surface area contributed by atoms with Gasteiger partial charge >= 0.3 is 0 Å². The van der Waals surface area contributed by atoms with Crippen molar-refractivity contribution in [3.8, 4) is 23.0 Å². The maximum absolute atomic E-state index is 13.3. The van der Waals surface area contributed by atoms with Crippen LogP contribution in [0.25, 0.3) is 6.08 Å². The Kier molecular flexibility index (Phi) is 8.61. The first-order valence-corrected chi connectivity index (χ1v) is 13.6. The van der Waals surface area contributed by atoms with E-state index in [2.05, 4.69) is 5.32 Å². The molecule has 1 aliphatic rings. The van der Waals surface area contributed by atoms with Crippen LogP contribution in [0.4, 0.5) is 15.8 Å². The van der Waals surface area contributed by atoms with Crippen LogP contribution in [0.2, 0.25) is 0 Å². The van der Waals surface area contributed by atoms with Gasteiger partial charge in [0.2, 0.25) is 0 Å². The van der Waals surface area contributed by atoms with Crippen LogP contribution in [0.1, 0.15) is 5.56 Å². The summed E-state index contributed by atoms with van der Waals surface area (Å²) in [5.41, 5.74) is 1.78. The van der Waals surface area contributed by atoms with E-state index in [4.69, 9.17) is 26.4 Å². The Hall–Kier alpha value is -4.67. The SMILES string of the molecule is COc1cc(/C=C2\SC(=S)N(c3ccc(Oc4ccccc4)cc3)C2=O)ccc1OCC(=O)Nc1ccc(F)cc1. The Morgan fingerprint density at radius 3 is 2.37 bits per heavy atom. The normalized spacial score (nSPS) is 13.8. The monoisotopic (exact) mass is 586 g/mol. The molecule has 7 nitrogen and oxygen atoms in total. The Morgan fingerprint density at radius 1 is 0.951 bits per heavy atom. The van der Waals surface area contributed by atoms with Gasteiger partial charge in [0, 0.05) is 5.69 Å². The number of amides is 2. The summed E-state index contributed by atoms with van der Waals surface area (Å²) >= 11 is 6.71. The van der Waals surface area contributed by atoms with Crippen LogP contribution >= 0.6 is 24.0 Å². The molecule has 1 N–H and O–H groups in total. The summed E-state index contributed by atoms with van der Waals surface area (Å²) in [6.07, 6.45) is 1.72. The van der Waals surface area contributed by atoms with Crippen LogP contribution in [0.3, 0.4) is 0 Å². The lowest BCUT2D eigenvalue weighted by Crippen LogP contribution is -2.27. The molecule has 0 bridgehead atoms. The molecular weight excluding hydrogens is 563 g/mol. The minimum Gasteiger partial charge on any atom is -0.493 e. The number of benzene rings is 4. The highest BCUT2D eigenvalue weighted by Crippen LogP contribution is 2.38. The van der Waals surface area contributed by atoms with Gasteiger partial charge in [0.25, 0.3) is 11.8 Å². The summed E-state index contributed by atoms with van der Waals surface area (Å²) in [5.74, 6) is 1.05. The lowest BCUT2D eigenvalue weighted by Gasteiger charge is -2.15. The molecule has 0 saturated carbocycles. The molecule has 0 atom stereocenters. The molecule has 4 aromatic carbocycles. The molecule has 1 aliphatic heterocycles. The molecule has 4 aromatic rings. The minimum atomic E-state index is -0.411. The van der Waals surface area contributed by atoms with Gasteiger partial charge in [-0.05, 0) is 84.4 Å². The molecule has 0 aromatic heterocycles. The summed E-state index contributed by atoms with van der Waals surface area (Å²) < 4.78 is 30.4. The van der Waals surface area contributed by atoms with Gasteiger partial charge in [0.15, 0.2) is 22.4 Å². The number of anilines is 2. The number of rotatable bonds is 9. The van der Waals surface area contributed by atoms with E-state index in [9.17, 15) is 14.0 Å². The molecule has 10 heteroatoms. The number of para-hydroxylation sites is 1. The Labute approximate surface area is 245 Å². The molecule has 1 heterocycles.